The number of nitriles is 1. The van der Waals surface area contributed by atoms with Gasteiger partial charge in [-0.15, -0.1) is 0 Å². The molecule has 2 aromatic carbocycles. The van der Waals surface area contributed by atoms with Gasteiger partial charge in [0, 0.05) is 10.6 Å². The molecule has 0 saturated heterocycles. The van der Waals surface area contributed by atoms with Crippen LogP contribution in [0.1, 0.15) is 32.6 Å². The summed E-state index contributed by atoms with van der Waals surface area (Å²) >= 11 is 5.87. The highest BCUT2D eigenvalue weighted by molar-refractivity contribution is 6.30. The predicted molar refractivity (Wildman–Crippen MR) is 109 cm³/mol. The zero-order valence-electron chi connectivity index (χ0n) is 15.8. The Morgan fingerprint density at radius 1 is 1.17 bits per heavy atom. The summed E-state index contributed by atoms with van der Waals surface area (Å²) < 4.78 is 6.14. The molecule has 7 heteroatoms. The van der Waals surface area contributed by atoms with Gasteiger partial charge in [0.05, 0.1) is 19.2 Å². The highest BCUT2D eigenvalue weighted by Crippen LogP contribution is 2.26. The van der Waals surface area contributed by atoms with Crippen molar-refractivity contribution in [1.82, 2.24) is 4.57 Å². The Hall–Kier alpha value is -3.56. The van der Waals surface area contributed by atoms with Crippen molar-refractivity contribution in [3.05, 3.63) is 91.7 Å². The molecule has 0 amide bonds. The smallest absolute Gasteiger partial charge is 0.271 e. The molecular weight excluding hydrogens is 392 g/mol. The number of hydrogen-bond donors (Lipinski definition) is 1. The van der Waals surface area contributed by atoms with Crippen LogP contribution < -0.4 is 10.3 Å². The first-order chi connectivity index (χ1) is 13.9. The van der Waals surface area contributed by atoms with Crippen LogP contribution in [0.4, 0.5) is 0 Å². The van der Waals surface area contributed by atoms with E-state index in [1.165, 1.54) is 19.1 Å². The van der Waals surface area contributed by atoms with E-state index in [1.807, 2.05) is 6.07 Å². The second kappa shape index (κ2) is 8.21. The summed E-state index contributed by atoms with van der Waals surface area (Å²) in [5, 5.41) is 20.7. The van der Waals surface area contributed by atoms with Crippen molar-refractivity contribution in [3.8, 4) is 17.7 Å². The first-order valence-corrected chi connectivity index (χ1v) is 9.04. The first kappa shape index (κ1) is 20.2. The van der Waals surface area contributed by atoms with Crippen LogP contribution in [0.5, 0.6) is 11.6 Å². The maximum Gasteiger partial charge on any atom is 0.271 e. The molecule has 0 radical (unpaired) electrons. The lowest BCUT2D eigenvalue weighted by atomic mass is 9.97. The summed E-state index contributed by atoms with van der Waals surface area (Å²) in [5.41, 5.74) is 0.185. The summed E-state index contributed by atoms with van der Waals surface area (Å²) in [5.74, 6) is -0.343. The van der Waals surface area contributed by atoms with E-state index in [9.17, 15) is 20.0 Å². The molecule has 146 valence electrons. The van der Waals surface area contributed by atoms with Gasteiger partial charge in [-0.3, -0.25) is 14.2 Å². The van der Waals surface area contributed by atoms with E-state index >= 15 is 0 Å². The summed E-state index contributed by atoms with van der Waals surface area (Å²) in [6, 6.07) is 14.9. The average molecular weight is 409 g/mol. The number of rotatable bonds is 5. The molecule has 1 N–H and O–H groups in total. The summed E-state index contributed by atoms with van der Waals surface area (Å²) in [7, 11) is 1.54. The lowest BCUT2D eigenvalue weighted by molar-refractivity contribution is 0.103. The average Bonchev–Trinajstić information content (AvgIpc) is 2.72. The molecule has 0 aliphatic carbocycles. The zero-order valence-corrected chi connectivity index (χ0v) is 16.5. The molecular formula is C22H17ClN2O4. The number of aromatic hydroxyl groups is 1. The minimum absolute atomic E-state index is 0.00941. The number of nitrogens with zero attached hydrogens (tertiary/aromatic N) is 2. The molecule has 0 atom stereocenters. The van der Waals surface area contributed by atoms with E-state index in [4.69, 9.17) is 16.3 Å². The minimum Gasteiger partial charge on any atom is -0.497 e. The molecule has 29 heavy (non-hydrogen) atoms. The zero-order chi connectivity index (χ0) is 21.1. The van der Waals surface area contributed by atoms with Gasteiger partial charge in [-0.2, -0.15) is 5.26 Å². The van der Waals surface area contributed by atoms with E-state index < -0.39 is 17.2 Å². The Bertz CT molecular complexity index is 1170. The quantitative estimate of drug-likeness (QED) is 0.650. The third-order valence-corrected chi connectivity index (χ3v) is 4.89. The van der Waals surface area contributed by atoms with Crippen LogP contribution in [0, 0.1) is 18.3 Å². The van der Waals surface area contributed by atoms with E-state index in [1.54, 1.807) is 43.5 Å². The van der Waals surface area contributed by atoms with Crippen LogP contribution in [-0.4, -0.2) is 22.6 Å². The number of halogens is 1. The normalized spacial score (nSPS) is 10.4. The molecule has 6 nitrogen and oxygen atoms in total. The number of pyridine rings is 1. The van der Waals surface area contributed by atoms with Crippen molar-refractivity contribution in [2.45, 2.75) is 13.5 Å². The molecule has 0 saturated carbocycles. The van der Waals surface area contributed by atoms with Gasteiger partial charge in [0.1, 0.15) is 17.4 Å². The van der Waals surface area contributed by atoms with Crippen molar-refractivity contribution in [1.29, 1.82) is 5.26 Å². The third-order valence-electron chi connectivity index (χ3n) is 4.63. The fourth-order valence-corrected chi connectivity index (χ4v) is 3.15. The number of hydrogen-bond acceptors (Lipinski definition) is 5. The highest BCUT2D eigenvalue weighted by Gasteiger charge is 2.25. The van der Waals surface area contributed by atoms with Crippen molar-refractivity contribution in [2.24, 2.45) is 0 Å². The largest absolute Gasteiger partial charge is 0.497 e. The Kier molecular flexibility index (Phi) is 5.71. The fourth-order valence-electron chi connectivity index (χ4n) is 3.03. The number of ether oxygens (including phenoxy) is 1. The molecule has 1 aromatic heterocycles. The van der Waals surface area contributed by atoms with Gasteiger partial charge in [-0.05, 0) is 54.4 Å². The summed E-state index contributed by atoms with van der Waals surface area (Å²) in [4.78, 5) is 25.8. The van der Waals surface area contributed by atoms with E-state index in [0.717, 1.165) is 4.57 Å². The first-order valence-electron chi connectivity index (χ1n) is 8.67. The van der Waals surface area contributed by atoms with Gasteiger partial charge in [0.15, 0.2) is 5.78 Å². The Balaban J connectivity index is 2.15. The SMILES string of the molecule is COc1ccc(Cn2c(O)c(C(=O)c3ccc(Cl)cc3)c(C)c(C#N)c2=O)cc1. The molecule has 3 rings (SSSR count). The Labute approximate surface area is 172 Å². The van der Waals surface area contributed by atoms with Crippen LogP contribution >= 0.6 is 11.6 Å². The molecule has 3 aromatic rings. The fraction of sp³-hybridized carbons (Fsp3) is 0.136. The number of carbonyl (C=O) groups excluding carboxylic acids is 1. The monoisotopic (exact) mass is 408 g/mol. The van der Waals surface area contributed by atoms with Crippen molar-refractivity contribution in [2.75, 3.05) is 7.11 Å². The Morgan fingerprint density at radius 3 is 2.34 bits per heavy atom. The molecule has 0 bridgehead atoms. The molecule has 0 fully saturated rings. The Morgan fingerprint density at radius 2 is 1.79 bits per heavy atom. The van der Waals surface area contributed by atoms with Gasteiger partial charge >= 0.3 is 0 Å². The van der Waals surface area contributed by atoms with Crippen LogP contribution in [0.3, 0.4) is 0 Å². The highest BCUT2D eigenvalue weighted by atomic mass is 35.5. The number of ketones is 1. The van der Waals surface area contributed by atoms with Crippen LogP contribution in [0.2, 0.25) is 5.02 Å². The second-order valence-corrected chi connectivity index (χ2v) is 6.82. The van der Waals surface area contributed by atoms with Gasteiger partial charge in [-0.1, -0.05) is 23.7 Å². The van der Waals surface area contributed by atoms with Gasteiger partial charge in [-0.25, -0.2) is 0 Å². The maximum absolute atomic E-state index is 13.0. The lowest BCUT2D eigenvalue weighted by Gasteiger charge is -2.16. The van der Waals surface area contributed by atoms with Crippen LogP contribution in [0.15, 0.2) is 53.3 Å². The molecule has 0 aliphatic heterocycles. The molecule has 0 aliphatic rings. The summed E-state index contributed by atoms with van der Waals surface area (Å²) in [6.45, 7) is 1.46. The lowest BCUT2D eigenvalue weighted by Crippen LogP contribution is -2.27. The van der Waals surface area contributed by atoms with Crippen molar-refractivity contribution < 1.29 is 14.6 Å². The van der Waals surface area contributed by atoms with Crippen LogP contribution in [0.25, 0.3) is 0 Å². The predicted octanol–water partition coefficient (Wildman–Crippen LogP) is 3.68. The number of aromatic nitrogens is 1. The van der Waals surface area contributed by atoms with E-state index in [2.05, 4.69) is 0 Å². The van der Waals surface area contributed by atoms with E-state index in [-0.39, 0.29) is 28.8 Å². The van der Waals surface area contributed by atoms with Gasteiger partial charge in [0.25, 0.3) is 5.56 Å². The third kappa shape index (κ3) is 3.86. The second-order valence-electron chi connectivity index (χ2n) is 6.39. The van der Waals surface area contributed by atoms with Crippen molar-refractivity contribution in [3.63, 3.8) is 0 Å². The minimum atomic E-state index is -0.661. The number of carbonyl (C=O) groups is 1. The van der Waals surface area contributed by atoms with Gasteiger partial charge in [0.2, 0.25) is 5.88 Å². The summed E-state index contributed by atoms with van der Waals surface area (Å²) in [6.07, 6.45) is 0. The topological polar surface area (TPSA) is 92.3 Å². The standard InChI is InChI=1S/C22H17ClN2O4/c1-13-18(11-24)21(27)25(12-14-3-9-17(29-2)10-4-14)22(28)19(13)20(26)15-5-7-16(23)8-6-15/h3-10,28H,12H2,1-2H3. The van der Waals surface area contributed by atoms with Gasteiger partial charge < -0.3 is 9.84 Å². The molecule has 1 heterocycles. The number of benzene rings is 2. The maximum atomic E-state index is 13.0. The number of methoxy groups -OCH3 is 1. The van der Waals surface area contributed by atoms with E-state index in [0.29, 0.717) is 16.3 Å². The van der Waals surface area contributed by atoms with Crippen molar-refractivity contribution >= 4 is 17.4 Å². The molecule has 0 spiro atoms. The van der Waals surface area contributed by atoms with Crippen LogP contribution in [-0.2, 0) is 6.54 Å². The molecule has 0 unspecified atom stereocenters.